The molecule has 0 spiro atoms. The van der Waals surface area contributed by atoms with Gasteiger partial charge in [0.05, 0.1) is 0 Å². The predicted molar refractivity (Wildman–Crippen MR) is 60.5 cm³/mol. The van der Waals surface area contributed by atoms with Crippen molar-refractivity contribution in [2.45, 2.75) is 63.6 Å². The summed E-state index contributed by atoms with van der Waals surface area (Å²) >= 11 is 0. The van der Waals surface area contributed by atoms with E-state index in [2.05, 4.69) is 24.2 Å². The minimum Gasteiger partial charge on any atom is -0.312 e. The summed E-state index contributed by atoms with van der Waals surface area (Å²) in [5.41, 5.74) is 0. The van der Waals surface area contributed by atoms with Crippen LogP contribution in [-0.2, 0) is 0 Å². The lowest BCUT2D eigenvalue weighted by Crippen LogP contribution is -2.48. The number of likely N-dealkylation sites (N-methyl/N-ethyl adjacent to an activating group) is 1. The van der Waals surface area contributed by atoms with Gasteiger partial charge in [-0.15, -0.1) is 0 Å². The lowest BCUT2D eigenvalue weighted by atomic mass is 9.90. The molecule has 1 N–H and O–H groups in total. The van der Waals surface area contributed by atoms with Gasteiger partial charge in [-0.2, -0.15) is 0 Å². The van der Waals surface area contributed by atoms with Crippen molar-refractivity contribution in [2.75, 3.05) is 13.6 Å². The molecule has 2 aliphatic carbocycles. The summed E-state index contributed by atoms with van der Waals surface area (Å²) in [5.74, 6) is 0. The van der Waals surface area contributed by atoms with E-state index in [-0.39, 0.29) is 0 Å². The summed E-state index contributed by atoms with van der Waals surface area (Å²) in [6, 6.07) is 2.51. The third-order valence-electron chi connectivity index (χ3n) is 3.92. The van der Waals surface area contributed by atoms with E-state index in [4.69, 9.17) is 0 Å². The smallest absolute Gasteiger partial charge is 0.0218 e. The van der Waals surface area contributed by atoms with Crippen LogP contribution in [0, 0.1) is 0 Å². The maximum atomic E-state index is 3.65. The number of nitrogens with zero attached hydrogens (tertiary/aromatic N) is 1. The van der Waals surface area contributed by atoms with Crippen molar-refractivity contribution in [1.29, 1.82) is 0 Å². The van der Waals surface area contributed by atoms with Crippen LogP contribution in [0.5, 0.6) is 0 Å². The SMILES string of the molecule is CCC(CNC1CC1)N(C)C1CCC1. The van der Waals surface area contributed by atoms with Gasteiger partial charge in [0.15, 0.2) is 0 Å². The summed E-state index contributed by atoms with van der Waals surface area (Å²) < 4.78 is 0. The predicted octanol–water partition coefficient (Wildman–Crippen LogP) is 2.00. The first kappa shape index (κ1) is 10.4. The van der Waals surface area contributed by atoms with E-state index >= 15 is 0 Å². The standard InChI is InChI=1S/C12H24N2/c1-3-11(9-13-10-7-8-10)14(2)12-5-4-6-12/h10-13H,3-9H2,1-2H3. The number of nitrogens with one attached hydrogen (secondary N) is 1. The Morgan fingerprint density at radius 3 is 2.43 bits per heavy atom. The van der Waals surface area contributed by atoms with Crippen LogP contribution in [0.3, 0.4) is 0 Å². The van der Waals surface area contributed by atoms with Gasteiger partial charge in [0.1, 0.15) is 0 Å². The maximum Gasteiger partial charge on any atom is 0.0218 e. The molecule has 0 aliphatic heterocycles. The summed E-state index contributed by atoms with van der Waals surface area (Å²) in [7, 11) is 2.31. The number of rotatable bonds is 6. The number of hydrogen-bond acceptors (Lipinski definition) is 2. The topological polar surface area (TPSA) is 15.3 Å². The van der Waals surface area contributed by atoms with E-state index < -0.39 is 0 Å². The highest BCUT2D eigenvalue weighted by atomic mass is 15.2. The molecule has 0 heterocycles. The van der Waals surface area contributed by atoms with Crippen molar-refractivity contribution >= 4 is 0 Å². The summed E-state index contributed by atoms with van der Waals surface area (Å²) in [6.45, 7) is 3.52. The van der Waals surface area contributed by atoms with E-state index in [0.29, 0.717) is 0 Å². The lowest BCUT2D eigenvalue weighted by molar-refractivity contribution is 0.106. The van der Waals surface area contributed by atoms with Gasteiger partial charge in [0.25, 0.3) is 0 Å². The first-order valence-electron chi connectivity index (χ1n) is 6.26. The normalized spacial score (nSPS) is 25.1. The molecule has 2 nitrogen and oxygen atoms in total. The van der Waals surface area contributed by atoms with E-state index in [1.54, 1.807) is 0 Å². The summed E-state index contributed by atoms with van der Waals surface area (Å²) in [4.78, 5) is 2.61. The van der Waals surface area contributed by atoms with Crippen LogP contribution in [0.4, 0.5) is 0 Å². The van der Waals surface area contributed by atoms with Crippen molar-refractivity contribution in [3.63, 3.8) is 0 Å². The van der Waals surface area contributed by atoms with Crippen molar-refractivity contribution in [3.05, 3.63) is 0 Å². The zero-order valence-electron chi connectivity index (χ0n) is 9.63. The monoisotopic (exact) mass is 196 g/mol. The molecule has 14 heavy (non-hydrogen) atoms. The molecule has 2 fully saturated rings. The molecule has 0 aromatic rings. The fraction of sp³-hybridized carbons (Fsp3) is 1.00. The fourth-order valence-electron chi connectivity index (χ4n) is 2.26. The highest BCUT2D eigenvalue weighted by Gasteiger charge is 2.28. The van der Waals surface area contributed by atoms with Gasteiger partial charge in [0.2, 0.25) is 0 Å². The minimum atomic E-state index is 0.765. The van der Waals surface area contributed by atoms with Crippen LogP contribution in [-0.4, -0.2) is 36.6 Å². The average Bonchev–Trinajstić information content (AvgIpc) is 2.85. The van der Waals surface area contributed by atoms with Gasteiger partial charge < -0.3 is 5.32 Å². The van der Waals surface area contributed by atoms with E-state index in [9.17, 15) is 0 Å². The second kappa shape index (κ2) is 4.63. The van der Waals surface area contributed by atoms with Gasteiger partial charge in [-0.1, -0.05) is 13.3 Å². The Kier molecular flexibility index (Phi) is 3.45. The molecule has 2 aliphatic rings. The third-order valence-corrected chi connectivity index (χ3v) is 3.92. The number of hydrogen-bond donors (Lipinski definition) is 1. The second-order valence-electron chi connectivity index (χ2n) is 4.99. The molecule has 0 aromatic carbocycles. The van der Waals surface area contributed by atoms with Gasteiger partial charge in [-0.05, 0) is 39.2 Å². The van der Waals surface area contributed by atoms with Gasteiger partial charge in [-0.3, -0.25) is 4.90 Å². The minimum absolute atomic E-state index is 0.765. The molecule has 1 unspecified atom stereocenters. The Morgan fingerprint density at radius 1 is 1.29 bits per heavy atom. The molecule has 0 saturated heterocycles. The largest absolute Gasteiger partial charge is 0.312 e. The van der Waals surface area contributed by atoms with Gasteiger partial charge >= 0.3 is 0 Å². The maximum absolute atomic E-state index is 3.65. The molecule has 0 bridgehead atoms. The molecule has 2 saturated carbocycles. The van der Waals surface area contributed by atoms with E-state index in [1.165, 1.54) is 45.1 Å². The van der Waals surface area contributed by atoms with Crippen LogP contribution in [0.2, 0.25) is 0 Å². The van der Waals surface area contributed by atoms with E-state index in [1.807, 2.05) is 0 Å². The summed E-state index contributed by atoms with van der Waals surface area (Å²) in [5, 5.41) is 3.65. The Balaban J connectivity index is 1.71. The Hall–Kier alpha value is -0.0800. The van der Waals surface area contributed by atoms with Crippen LogP contribution in [0.15, 0.2) is 0 Å². The van der Waals surface area contributed by atoms with Crippen LogP contribution in [0.1, 0.15) is 45.4 Å². The highest BCUT2D eigenvalue weighted by molar-refractivity contribution is 4.86. The first-order chi connectivity index (χ1) is 6.81. The van der Waals surface area contributed by atoms with Crippen molar-refractivity contribution < 1.29 is 0 Å². The zero-order chi connectivity index (χ0) is 9.97. The highest BCUT2D eigenvalue weighted by Crippen LogP contribution is 2.26. The lowest BCUT2D eigenvalue weighted by Gasteiger charge is -2.40. The molecule has 1 atom stereocenters. The summed E-state index contributed by atoms with van der Waals surface area (Å²) in [6.07, 6.45) is 8.40. The Morgan fingerprint density at radius 2 is 2.00 bits per heavy atom. The third kappa shape index (κ3) is 2.48. The Labute approximate surface area is 88.1 Å². The Bertz CT molecular complexity index is 173. The van der Waals surface area contributed by atoms with Gasteiger partial charge in [0, 0.05) is 24.7 Å². The van der Waals surface area contributed by atoms with Crippen molar-refractivity contribution in [3.8, 4) is 0 Å². The average molecular weight is 196 g/mol. The molecule has 2 rings (SSSR count). The van der Waals surface area contributed by atoms with Crippen molar-refractivity contribution in [2.24, 2.45) is 0 Å². The molecule has 2 heteroatoms. The second-order valence-corrected chi connectivity index (χ2v) is 4.99. The zero-order valence-corrected chi connectivity index (χ0v) is 9.63. The van der Waals surface area contributed by atoms with E-state index in [0.717, 1.165) is 18.1 Å². The van der Waals surface area contributed by atoms with Gasteiger partial charge in [-0.25, -0.2) is 0 Å². The fourth-order valence-corrected chi connectivity index (χ4v) is 2.26. The first-order valence-corrected chi connectivity index (χ1v) is 6.26. The molecule has 82 valence electrons. The van der Waals surface area contributed by atoms with Crippen LogP contribution < -0.4 is 5.32 Å². The molecule has 0 aromatic heterocycles. The quantitative estimate of drug-likeness (QED) is 0.699. The molecular formula is C12H24N2. The van der Waals surface area contributed by atoms with Crippen LogP contribution >= 0.6 is 0 Å². The van der Waals surface area contributed by atoms with Crippen LogP contribution in [0.25, 0.3) is 0 Å². The molecular weight excluding hydrogens is 172 g/mol. The molecule has 0 amide bonds. The van der Waals surface area contributed by atoms with Crippen molar-refractivity contribution in [1.82, 2.24) is 10.2 Å². The molecule has 0 radical (unpaired) electrons.